The summed E-state index contributed by atoms with van der Waals surface area (Å²) in [5.74, 6) is -6.71. The van der Waals surface area contributed by atoms with Crippen LogP contribution < -0.4 is 10.1 Å². The predicted molar refractivity (Wildman–Crippen MR) is 74.6 cm³/mol. The third-order valence-electron chi connectivity index (χ3n) is 3.03. The molecule has 0 unspecified atom stereocenters. The van der Waals surface area contributed by atoms with Crippen LogP contribution >= 0.6 is 0 Å². The van der Waals surface area contributed by atoms with Crippen molar-refractivity contribution in [3.05, 3.63) is 47.9 Å². The Balaban J connectivity index is 2.23. The summed E-state index contributed by atoms with van der Waals surface area (Å²) in [5.41, 5.74) is -1.84. The fraction of sp³-hybridized carbons (Fsp3) is 0.267. The van der Waals surface area contributed by atoms with Gasteiger partial charge in [0.05, 0.1) is 11.8 Å². The van der Waals surface area contributed by atoms with Crippen molar-refractivity contribution in [2.45, 2.75) is 18.5 Å². The molecule has 1 heterocycles. The summed E-state index contributed by atoms with van der Waals surface area (Å²) in [6.45, 7) is -1.94. The van der Waals surface area contributed by atoms with Crippen molar-refractivity contribution >= 4 is 11.6 Å². The number of carbonyl (C=O) groups is 1. The minimum absolute atomic E-state index is 0.171. The van der Waals surface area contributed by atoms with Gasteiger partial charge < -0.3 is 14.5 Å². The Labute approximate surface area is 141 Å². The summed E-state index contributed by atoms with van der Waals surface area (Å²) in [6, 6.07) is 4.66. The lowest BCUT2D eigenvalue weighted by Gasteiger charge is -2.19. The second-order valence-corrected chi connectivity index (χ2v) is 4.99. The molecule has 0 aliphatic rings. The highest BCUT2D eigenvalue weighted by Crippen LogP contribution is 2.38. The topological polar surface area (TPSA) is 51.5 Å². The number of rotatable bonds is 6. The average Bonchev–Trinajstić information content (AvgIpc) is 3.07. The standard InChI is InChI=1S/C15H10F7NO3/c16-13(17)14(18,19)7-26-10-4-3-8(6-9(10)15(20,21)22)23-12(24)11-2-1-5-25-11/h1-6,13H,7H2,(H,23,24). The van der Waals surface area contributed by atoms with Crippen LogP contribution in [0.2, 0.25) is 0 Å². The van der Waals surface area contributed by atoms with Crippen molar-refractivity contribution in [3.63, 3.8) is 0 Å². The van der Waals surface area contributed by atoms with Crippen molar-refractivity contribution < 1.29 is 44.7 Å². The smallest absolute Gasteiger partial charge is 0.420 e. The van der Waals surface area contributed by atoms with Gasteiger partial charge in [0.15, 0.2) is 12.4 Å². The van der Waals surface area contributed by atoms with Crippen LogP contribution in [0.3, 0.4) is 0 Å². The van der Waals surface area contributed by atoms with Gasteiger partial charge in [0, 0.05) is 5.69 Å². The van der Waals surface area contributed by atoms with Crippen LogP contribution in [0.25, 0.3) is 0 Å². The van der Waals surface area contributed by atoms with E-state index < -0.39 is 42.4 Å². The molecule has 0 radical (unpaired) electrons. The Morgan fingerprint density at radius 3 is 2.38 bits per heavy atom. The first-order valence-corrected chi connectivity index (χ1v) is 6.85. The highest BCUT2D eigenvalue weighted by Gasteiger charge is 2.43. The summed E-state index contributed by atoms with van der Waals surface area (Å²) in [7, 11) is 0. The van der Waals surface area contributed by atoms with E-state index in [0.29, 0.717) is 12.1 Å². The first kappa shape index (κ1) is 19.6. The minimum Gasteiger partial charge on any atom is -0.486 e. The molecule has 1 aromatic carbocycles. The molecule has 0 spiro atoms. The van der Waals surface area contributed by atoms with Gasteiger partial charge >= 0.3 is 18.5 Å². The molecule has 0 fully saturated rings. The summed E-state index contributed by atoms with van der Waals surface area (Å²) in [6.07, 6.45) is -7.96. The van der Waals surface area contributed by atoms with E-state index in [1.54, 1.807) is 0 Å². The maximum atomic E-state index is 13.1. The van der Waals surface area contributed by atoms with Crippen molar-refractivity contribution in [1.82, 2.24) is 0 Å². The fourth-order valence-corrected chi connectivity index (χ4v) is 1.79. The van der Waals surface area contributed by atoms with Gasteiger partial charge in [-0.15, -0.1) is 0 Å². The number of anilines is 1. The number of furan rings is 1. The molecule has 4 nitrogen and oxygen atoms in total. The largest absolute Gasteiger partial charge is 0.486 e. The summed E-state index contributed by atoms with van der Waals surface area (Å²) >= 11 is 0. The second kappa shape index (κ2) is 7.26. The lowest BCUT2D eigenvalue weighted by molar-refractivity contribution is -0.153. The summed E-state index contributed by atoms with van der Waals surface area (Å²) in [5, 5.41) is 2.12. The molecule has 0 saturated heterocycles. The lowest BCUT2D eigenvalue weighted by Crippen LogP contribution is -2.34. The zero-order valence-electron chi connectivity index (χ0n) is 12.6. The molecular formula is C15H10F7NO3. The van der Waals surface area contributed by atoms with E-state index in [1.165, 1.54) is 18.4 Å². The maximum Gasteiger partial charge on any atom is 0.420 e. The summed E-state index contributed by atoms with van der Waals surface area (Å²) in [4.78, 5) is 11.8. The Bertz CT molecular complexity index is 757. The third kappa shape index (κ3) is 4.67. The zero-order valence-corrected chi connectivity index (χ0v) is 12.6. The number of alkyl halides is 7. The minimum atomic E-state index is -5.04. The molecule has 26 heavy (non-hydrogen) atoms. The Morgan fingerprint density at radius 2 is 1.85 bits per heavy atom. The molecule has 2 aromatic rings. The van der Waals surface area contributed by atoms with Gasteiger partial charge in [0.1, 0.15) is 5.75 Å². The van der Waals surface area contributed by atoms with E-state index in [2.05, 4.69) is 10.1 Å². The van der Waals surface area contributed by atoms with Crippen LogP contribution in [0.4, 0.5) is 36.4 Å². The first-order chi connectivity index (χ1) is 12.0. The second-order valence-electron chi connectivity index (χ2n) is 4.99. The number of amides is 1. The zero-order chi connectivity index (χ0) is 19.5. The van der Waals surface area contributed by atoms with E-state index in [0.717, 1.165) is 6.07 Å². The van der Waals surface area contributed by atoms with Gasteiger partial charge in [-0.2, -0.15) is 22.0 Å². The van der Waals surface area contributed by atoms with E-state index in [1.807, 2.05) is 0 Å². The van der Waals surface area contributed by atoms with Crippen molar-refractivity contribution in [2.75, 3.05) is 11.9 Å². The van der Waals surface area contributed by atoms with Gasteiger partial charge in [-0.3, -0.25) is 4.79 Å². The van der Waals surface area contributed by atoms with Gasteiger partial charge in [0.2, 0.25) is 0 Å². The molecule has 0 aliphatic carbocycles. The van der Waals surface area contributed by atoms with Crippen molar-refractivity contribution in [1.29, 1.82) is 0 Å². The fourth-order valence-electron chi connectivity index (χ4n) is 1.79. The molecule has 1 N–H and O–H groups in total. The Kier molecular flexibility index (Phi) is 5.47. The van der Waals surface area contributed by atoms with E-state index in [4.69, 9.17) is 4.42 Å². The molecule has 0 saturated carbocycles. The van der Waals surface area contributed by atoms with Crippen molar-refractivity contribution in [2.24, 2.45) is 0 Å². The van der Waals surface area contributed by atoms with E-state index >= 15 is 0 Å². The quantitative estimate of drug-likeness (QED) is 0.725. The first-order valence-electron chi connectivity index (χ1n) is 6.85. The maximum absolute atomic E-state index is 13.1. The molecule has 2 rings (SSSR count). The van der Waals surface area contributed by atoms with Crippen molar-refractivity contribution in [3.8, 4) is 5.75 Å². The molecule has 11 heteroatoms. The van der Waals surface area contributed by atoms with Gasteiger partial charge in [-0.25, -0.2) is 8.78 Å². The predicted octanol–water partition coefficient (Wildman–Crippen LogP) is 4.83. The van der Waals surface area contributed by atoms with Crippen LogP contribution in [0.15, 0.2) is 41.0 Å². The Hall–Kier alpha value is -2.72. The SMILES string of the molecule is O=C(Nc1ccc(OCC(F)(F)C(F)F)c(C(F)(F)F)c1)c1ccco1. The number of nitrogens with one attached hydrogen (secondary N) is 1. The third-order valence-corrected chi connectivity index (χ3v) is 3.03. The van der Waals surface area contributed by atoms with E-state index in [-0.39, 0.29) is 11.4 Å². The highest BCUT2D eigenvalue weighted by molar-refractivity contribution is 6.02. The lowest BCUT2D eigenvalue weighted by atomic mass is 10.1. The monoisotopic (exact) mass is 385 g/mol. The normalized spacial score (nSPS) is 12.3. The summed E-state index contributed by atoms with van der Waals surface area (Å²) < 4.78 is 98.1. The van der Waals surface area contributed by atoms with E-state index in [9.17, 15) is 35.5 Å². The number of hydrogen-bond donors (Lipinski definition) is 1. The number of hydrogen-bond acceptors (Lipinski definition) is 3. The Morgan fingerprint density at radius 1 is 1.15 bits per heavy atom. The number of carbonyl (C=O) groups excluding carboxylic acids is 1. The average molecular weight is 385 g/mol. The van der Waals surface area contributed by atoms with Gasteiger partial charge in [-0.05, 0) is 30.3 Å². The number of ether oxygens (including phenoxy) is 1. The van der Waals surface area contributed by atoms with Crippen LogP contribution in [0, 0.1) is 0 Å². The molecular weight excluding hydrogens is 375 g/mol. The van der Waals surface area contributed by atoms with Crippen LogP contribution in [-0.4, -0.2) is 24.9 Å². The number of benzene rings is 1. The molecule has 1 amide bonds. The number of halogens is 7. The van der Waals surface area contributed by atoms with Crippen LogP contribution in [-0.2, 0) is 6.18 Å². The van der Waals surface area contributed by atoms with Crippen LogP contribution in [0.1, 0.15) is 16.1 Å². The van der Waals surface area contributed by atoms with Crippen LogP contribution in [0.5, 0.6) is 5.75 Å². The molecule has 0 atom stereocenters. The molecule has 142 valence electrons. The van der Waals surface area contributed by atoms with Gasteiger partial charge in [0.25, 0.3) is 5.91 Å². The van der Waals surface area contributed by atoms with Gasteiger partial charge in [-0.1, -0.05) is 0 Å². The molecule has 1 aromatic heterocycles. The molecule has 0 bridgehead atoms. The molecule has 0 aliphatic heterocycles. The highest BCUT2D eigenvalue weighted by atomic mass is 19.4.